The molecule has 0 spiro atoms. The molecule has 0 aliphatic rings. The van der Waals surface area contributed by atoms with Gasteiger partial charge in [0.15, 0.2) is 0 Å². The van der Waals surface area contributed by atoms with Crippen LogP contribution >= 0.6 is 0 Å². The first-order valence-corrected chi connectivity index (χ1v) is 5.83. The minimum Gasteiger partial charge on any atom is -0.496 e. The second kappa shape index (κ2) is 7.25. The van der Waals surface area contributed by atoms with Crippen LogP contribution < -0.4 is 16.2 Å². The number of benzene rings is 1. The molecular formula is C13H22N2O. The molecule has 3 heteroatoms. The molecule has 0 aromatic heterocycles. The van der Waals surface area contributed by atoms with Gasteiger partial charge >= 0.3 is 0 Å². The molecule has 4 N–H and O–H groups in total. The molecule has 0 radical (unpaired) electrons. The number of para-hydroxylation sites is 1. The normalized spacial score (nSPS) is 10.8. The topological polar surface area (TPSA) is 61.3 Å². The highest BCUT2D eigenvalue weighted by Crippen LogP contribution is 2.20. The van der Waals surface area contributed by atoms with Gasteiger partial charge in [-0.25, -0.2) is 0 Å². The number of methoxy groups -OCH3 is 1. The molecule has 0 fully saturated rings. The van der Waals surface area contributed by atoms with Crippen molar-refractivity contribution >= 4 is 0 Å². The van der Waals surface area contributed by atoms with E-state index in [1.54, 1.807) is 7.11 Å². The van der Waals surface area contributed by atoms with Gasteiger partial charge in [0, 0.05) is 0 Å². The molecule has 90 valence electrons. The van der Waals surface area contributed by atoms with E-state index in [-0.39, 0.29) is 0 Å². The number of ether oxygens (including phenoxy) is 1. The molecule has 0 heterocycles. The number of hydrogen-bond acceptors (Lipinski definition) is 3. The van der Waals surface area contributed by atoms with E-state index in [2.05, 4.69) is 6.07 Å². The Morgan fingerprint density at radius 2 is 1.88 bits per heavy atom. The Balaban J connectivity index is 2.42. The first-order chi connectivity index (χ1) is 7.81. The lowest BCUT2D eigenvalue weighted by Gasteiger charge is -2.12. The van der Waals surface area contributed by atoms with Crippen molar-refractivity contribution in [1.29, 1.82) is 0 Å². The van der Waals surface area contributed by atoms with Crippen molar-refractivity contribution in [2.24, 2.45) is 17.4 Å². The zero-order valence-corrected chi connectivity index (χ0v) is 9.99. The van der Waals surface area contributed by atoms with Crippen LogP contribution in [0.5, 0.6) is 5.75 Å². The van der Waals surface area contributed by atoms with Crippen molar-refractivity contribution in [1.82, 2.24) is 0 Å². The summed E-state index contributed by atoms with van der Waals surface area (Å²) >= 11 is 0. The predicted molar refractivity (Wildman–Crippen MR) is 67.5 cm³/mol. The van der Waals surface area contributed by atoms with E-state index in [0.717, 1.165) is 25.0 Å². The molecule has 0 amide bonds. The molecule has 0 saturated carbocycles. The Kier molecular flexibility index (Phi) is 5.90. The van der Waals surface area contributed by atoms with Gasteiger partial charge in [-0.1, -0.05) is 18.2 Å². The van der Waals surface area contributed by atoms with Crippen LogP contribution in [0.2, 0.25) is 0 Å². The van der Waals surface area contributed by atoms with Crippen LogP contribution in [0.4, 0.5) is 0 Å². The Morgan fingerprint density at radius 1 is 1.19 bits per heavy atom. The summed E-state index contributed by atoms with van der Waals surface area (Å²) in [6.45, 7) is 1.37. The van der Waals surface area contributed by atoms with Crippen LogP contribution in [0, 0.1) is 5.92 Å². The van der Waals surface area contributed by atoms with E-state index < -0.39 is 0 Å². The third-order valence-corrected chi connectivity index (χ3v) is 2.92. The van der Waals surface area contributed by atoms with Crippen molar-refractivity contribution in [3.05, 3.63) is 29.8 Å². The lowest BCUT2D eigenvalue weighted by atomic mass is 9.99. The van der Waals surface area contributed by atoms with Crippen LogP contribution in [0.3, 0.4) is 0 Å². The Morgan fingerprint density at radius 3 is 2.50 bits per heavy atom. The Hall–Kier alpha value is -1.06. The predicted octanol–water partition coefficient (Wildman–Crippen LogP) is 1.55. The van der Waals surface area contributed by atoms with E-state index in [9.17, 15) is 0 Å². The molecular weight excluding hydrogens is 200 g/mol. The minimum atomic E-state index is 0.453. The highest BCUT2D eigenvalue weighted by Gasteiger charge is 2.05. The maximum atomic E-state index is 5.61. The van der Waals surface area contributed by atoms with Crippen molar-refractivity contribution in [3.8, 4) is 5.75 Å². The number of rotatable bonds is 7. The smallest absolute Gasteiger partial charge is 0.122 e. The fourth-order valence-electron chi connectivity index (χ4n) is 1.82. The highest BCUT2D eigenvalue weighted by molar-refractivity contribution is 5.33. The Labute approximate surface area is 97.8 Å². The molecule has 0 bridgehead atoms. The van der Waals surface area contributed by atoms with E-state index in [1.165, 1.54) is 5.56 Å². The average Bonchev–Trinajstić information content (AvgIpc) is 2.35. The van der Waals surface area contributed by atoms with Gasteiger partial charge in [0.05, 0.1) is 7.11 Å². The van der Waals surface area contributed by atoms with Gasteiger partial charge in [0.2, 0.25) is 0 Å². The third kappa shape index (κ3) is 3.83. The molecule has 16 heavy (non-hydrogen) atoms. The molecule has 1 aromatic carbocycles. The van der Waals surface area contributed by atoms with Gasteiger partial charge in [-0.3, -0.25) is 0 Å². The first-order valence-electron chi connectivity index (χ1n) is 5.83. The third-order valence-electron chi connectivity index (χ3n) is 2.92. The largest absolute Gasteiger partial charge is 0.496 e. The van der Waals surface area contributed by atoms with Gasteiger partial charge in [-0.05, 0) is 49.9 Å². The summed E-state index contributed by atoms with van der Waals surface area (Å²) in [5.41, 5.74) is 12.5. The van der Waals surface area contributed by atoms with Gasteiger partial charge in [0.1, 0.15) is 5.75 Å². The summed E-state index contributed by atoms with van der Waals surface area (Å²) in [6.07, 6.45) is 3.23. The van der Waals surface area contributed by atoms with Crippen LogP contribution in [0.1, 0.15) is 18.4 Å². The van der Waals surface area contributed by atoms with Crippen molar-refractivity contribution in [3.63, 3.8) is 0 Å². The maximum Gasteiger partial charge on any atom is 0.122 e. The standard InChI is InChI=1S/C13H22N2O/c1-16-13-8-3-2-6-12(13)7-4-5-11(9-14)10-15/h2-3,6,8,11H,4-5,7,9-10,14-15H2,1H3. The number of hydrogen-bond donors (Lipinski definition) is 2. The summed E-state index contributed by atoms with van der Waals surface area (Å²) in [7, 11) is 1.71. The van der Waals surface area contributed by atoms with Crippen molar-refractivity contribution in [2.75, 3.05) is 20.2 Å². The van der Waals surface area contributed by atoms with Gasteiger partial charge < -0.3 is 16.2 Å². The fraction of sp³-hybridized carbons (Fsp3) is 0.538. The molecule has 0 atom stereocenters. The zero-order chi connectivity index (χ0) is 11.8. The van der Waals surface area contributed by atoms with E-state index >= 15 is 0 Å². The zero-order valence-electron chi connectivity index (χ0n) is 9.99. The van der Waals surface area contributed by atoms with Crippen LogP contribution in [0.25, 0.3) is 0 Å². The second-order valence-corrected chi connectivity index (χ2v) is 4.04. The van der Waals surface area contributed by atoms with Crippen LogP contribution in [-0.2, 0) is 6.42 Å². The van der Waals surface area contributed by atoms with E-state index in [1.807, 2.05) is 18.2 Å². The quantitative estimate of drug-likeness (QED) is 0.736. The molecule has 0 saturated heterocycles. The van der Waals surface area contributed by atoms with E-state index in [0.29, 0.717) is 19.0 Å². The summed E-state index contributed by atoms with van der Waals surface area (Å²) in [5, 5.41) is 0. The molecule has 0 aliphatic heterocycles. The van der Waals surface area contributed by atoms with Gasteiger partial charge in [0.25, 0.3) is 0 Å². The molecule has 1 aromatic rings. The average molecular weight is 222 g/mol. The molecule has 3 nitrogen and oxygen atoms in total. The fourth-order valence-corrected chi connectivity index (χ4v) is 1.82. The molecule has 0 unspecified atom stereocenters. The minimum absolute atomic E-state index is 0.453. The SMILES string of the molecule is COc1ccccc1CCCC(CN)CN. The summed E-state index contributed by atoms with van der Waals surface area (Å²) < 4.78 is 5.31. The monoisotopic (exact) mass is 222 g/mol. The van der Waals surface area contributed by atoms with Gasteiger partial charge in [-0.2, -0.15) is 0 Å². The van der Waals surface area contributed by atoms with Crippen LogP contribution in [-0.4, -0.2) is 20.2 Å². The summed E-state index contributed by atoms with van der Waals surface area (Å²) in [5.74, 6) is 1.43. The number of nitrogens with two attached hydrogens (primary N) is 2. The van der Waals surface area contributed by atoms with Crippen molar-refractivity contribution in [2.45, 2.75) is 19.3 Å². The lowest BCUT2D eigenvalue weighted by Crippen LogP contribution is -2.23. The maximum absolute atomic E-state index is 5.61. The summed E-state index contributed by atoms with van der Waals surface area (Å²) in [4.78, 5) is 0. The molecule has 0 aliphatic carbocycles. The second-order valence-electron chi connectivity index (χ2n) is 4.04. The van der Waals surface area contributed by atoms with Gasteiger partial charge in [-0.15, -0.1) is 0 Å². The lowest BCUT2D eigenvalue weighted by molar-refractivity contribution is 0.407. The Bertz CT molecular complexity index is 298. The van der Waals surface area contributed by atoms with Crippen molar-refractivity contribution < 1.29 is 4.74 Å². The van der Waals surface area contributed by atoms with E-state index in [4.69, 9.17) is 16.2 Å². The highest BCUT2D eigenvalue weighted by atomic mass is 16.5. The number of aryl methyl sites for hydroxylation is 1. The van der Waals surface area contributed by atoms with Crippen LogP contribution in [0.15, 0.2) is 24.3 Å². The summed E-state index contributed by atoms with van der Waals surface area (Å²) in [6, 6.07) is 8.14. The molecule has 1 rings (SSSR count). The first kappa shape index (κ1) is 13.0.